The smallest absolute Gasteiger partial charge is 0.0811 e. The highest BCUT2D eigenvalue weighted by atomic mass is 14.7. The molecule has 4 aromatic rings. The molecule has 0 unspecified atom stereocenters. The van der Waals surface area contributed by atoms with Crippen LogP contribution in [0.3, 0.4) is 0 Å². The normalized spacial score (nSPS) is 10.5. The maximum atomic E-state index is 4.54. The van der Waals surface area contributed by atoms with Crippen LogP contribution >= 0.6 is 0 Å². The van der Waals surface area contributed by atoms with Gasteiger partial charge in [-0.1, -0.05) is 6.07 Å². The third-order valence-corrected chi connectivity index (χ3v) is 3.77. The Balaban J connectivity index is 1.84. The Labute approximate surface area is 139 Å². The molecule has 0 fully saturated rings. The SMILES string of the molecule is c1cncc(-c2ccnc(-c3cccnc3-c3cccnc3)c2)c1. The molecule has 4 rings (SSSR count). The van der Waals surface area contributed by atoms with Gasteiger partial charge in [0.25, 0.3) is 0 Å². The number of aromatic nitrogens is 4. The summed E-state index contributed by atoms with van der Waals surface area (Å²) >= 11 is 0. The fourth-order valence-corrected chi connectivity index (χ4v) is 2.64. The van der Waals surface area contributed by atoms with E-state index in [0.717, 1.165) is 33.6 Å². The molecule has 0 bridgehead atoms. The van der Waals surface area contributed by atoms with E-state index in [9.17, 15) is 0 Å². The van der Waals surface area contributed by atoms with Gasteiger partial charge in [-0.25, -0.2) is 0 Å². The first-order chi connectivity index (χ1) is 11.9. The lowest BCUT2D eigenvalue weighted by molar-refractivity contribution is 1.25. The minimum absolute atomic E-state index is 0.876. The van der Waals surface area contributed by atoms with Crippen LogP contribution in [0.2, 0.25) is 0 Å². The molecule has 0 N–H and O–H groups in total. The summed E-state index contributed by atoms with van der Waals surface area (Å²) in [7, 11) is 0. The van der Waals surface area contributed by atoms with E-state index in [0.29, 0.717) is 0 Å². The number of pyridine rings is 4. The Hall–Kier alpha value is -3.40. The highest BCUT2D eigenvalue weighted by Crippen LogP contribution is 2.30. The van der Waals surface area contributed by atoms with Crippen LogP contribution in [0.25, 0.3) is 33.6 Å². The molecule has 0 saturated carbocycles. The zero-order valence-electron chi connectivity index (χ0n) is 12.9. The van der Waals surface area contributed by atoms with Crippen molar-refractivity contribution in [1.29, 1.82) is 0 Å². The molecule has 4 heteroatoms. The van der Waals surface area contributed by atoms with Crippen molar-refractivity contribution in [3.05, 3.63) is 85.7 Å². The minimum atomic E-state index is 0.876. The van der Waals surface area contributed by atoms with E-state index in [-0.39, 0.29) is 0 Å². The molecule has 0 saturated heterocycles. The molecule has 0 amide bonds. The monoisotopic (exact) mass is 310 g/mol. The lowest BCUT2D eigenvalue weighted by Crippen LogP contribution is -1.92. The van der Waals surface area contributed by atoms with Crippen LogP contribution in [-0.2, 0) is 0 Å². The van der Waals surface area contributed by atoms with Gasteiger partial charge in [-0.2, -0.15) is 0 Å². The molecule has 4 nitrogen and oxygen atoms in total. The van der Waals surface area contributed by atoms with Crippen molar-refractivity contribution in [3.63, 3.8) is 0 Å². The fourth-order valence-electron chi connectivity index (χ4n) is 2.64. The largest absolute Gasteiger partial charge is 0.264 e. The van der Waals surface area contributed by atoms with Crippen molar-refractivity contribution in [2.24, 2.45) is 0 Å². The van der Waals surface area contributed by atoms with Crippen molar-refractivity contribution < 1.29 is 0 Å². The van der Waals surface area contributed by atoms with Gasteiger partial charge < -0.3 is 0 Å². The van der Waals surface area contributed by atoms with Crippen LogP contribution < -0.4 is 0 Å². The summed E-state index contributed by atoms with van der Waals surface area (Å²) in [5.41, 5.74) is 5.85. The van der Waals surface area contributed by atoms with E-state index in [1.54, 1.807) is 18.6 Å². The molecule has 0 atom stereocenters. The van der Waals surface area contributed by atoms with Crippen molar-refractivity contribution in [2.75, 3.05) is 0 Å². The first-order valence-electron chi connectivity index (χ1n) is 7.64. The van der Waals surface area contributed by atoms with Crippen LogP contribution in [-0.4, -0.2) is 19.9 Å². The average molecular weight is 310 g/mol. The van der Waals surface area contributed by atoms with Crippen LogP contribution in [0, 0.1) is 0 Å². The van der Waals surface area contributed by atoms with E-state index in [1.165, 1.54) is 0 Å². The molecular weight excluding hydrogens is 296 g/mol. The Morgan fingerprint density at radius 3 is 2.08 bits per heavy atom. The van der Waals surface area contributed by atoms with E-state index in [4.69, 9.17) is 0 Å². The number of nitrogens with zero attached hydrogens (tertiary/aromatic N) is 4. The van der Waals surface area contributed by atoms with Crippen molar-refractivity contribution >= 4 is 0 Å². The van der Waals surface area contributed by atoms with Crippen LogP contribution in [0.4, 0.5) is 0 Å². The van der Waals surface area contributed by atoms with E-state index in [1.807, 2.05) is 61.1 Å². The molecule has 24 heavy (non-hydrogen) atoms. The molecule has 0 aliphatic heterocycles. The zero-order valence-corrected chi connectivity index (χ0v) is 12.9. The third-order valence-electron chi connectivity index (χ3n) is 3.77. The summed E-state index contributed by atoms with van der Waals surface area (Å²) in [6.07, 6.45) is 10.8. The predicted octanol–water partition coefficient (Wildman–Crippen LogP) is 4.27. The van der Waals surface area contributed by atoms with Gasteiger partial charge >= 0.3 is 0 Å². The van der Waals surface area contributed by atoms with E-state index < -0.39 is 0 Å². The van der Waals surface area contributed by atoms with Crippen molar-refractivity contribution in [3.8, 4) is 33.6 Å². The average Bonchev–Trinajstić information content (AvgIpc) is 2.69. The summed E-state index contributed by atoms with van der Waals surface area (Å²) in [5.74, 6) is 0. The second-order valence-corrected chi connectivity index (χ2v) is 5.31. The second-order valence-electron chi connectivity index (χ2n) is 5.31. The summed E-state index contributed by atoms with van der Waals surface area (Å²) in [6.45, 7) is 0. The van der Waals surface area contributed by atoms with Crippen LogP contribution in [0.5, 0.6) is 0 Å². The molecule has 114 valence electrons. The van der Waals surface area contributed by atoms with Crippen molar-refractivity contribution in [2.45, 2.75) is 0 Å². The van der Waals surface area contributed by atoms with Gasteiger partial charge in [0.2, 0.25) is 0 Å². The standard InChI is InChI=1S/C20H14N4/c1-4-16(13-21-8-1)15-7-11-23-19(12-15)18-6-3-10-24-20(18)17-5-2-9-22-14-17/h1-14H. The molecule has 0 aliphatic carbocycles. The summed E-state index contributed by atoms with van der Waals surface area (Å²) in [5, 5.41) is 0. The van der Waals surface area contributed by atoms with E-state index in [2.05, 4.69) is 26.0 Å². The topological polar surface area (TPSA) is 51.6 Å². The summed E-state index contributed by atoms with van der Waals surface area (Å²) < 4.78 is 0. The van der Waals surface area contributed by atoms with Crippen molar-refractivity contribution in [1.82, 2.24) is 19.9 Å². The molecule has 4 heterocycles. The number of rotatable bonds is 3. The maximum absolute atomic E-state index is 4.54. The van der Waals surface area contributed by atoms with Gasteiger partial charge in [-0.3, -0.25) is 19.9 Å². The zero-order chi connectivity index (χ0) is 16.2. The van der Waals surface area contributed by atoms with Gasteiger partial charge in [-0.15, -0.1) is 0 Å². The van der Waals surface area contributed by atoms with Gasteiger partial charge in [0, 0.05) is 53.9 Å². The molecular formula is C20H14N4. The third kappa shape index (κ3) is 2.77. The molecule has 0 spiro atoms. The Kier molecular flexibility index (Phi) is 3.78. The van der Waals surface area contributed by atoms with Gasteiger partial charge in [0.05, 0.1) is 11.4 Å². The Morgan fingerprint density at radius 1 is 0.583 bits per heavy atom. The first kappa shape index (κ1) is 14.2. The van der Waals surface area contributed by atoms with Crippen LogP contribution in [0.1, 0.15) is 0 Å². The number of hydrogen-bond acceptors (Lipinski definition) is 4. The van der Waals surface area contributed by atoms with Gasteiger partial charge in [0.15, 0.2) is 0 Å². The Bertz CT molecular complexity index is 953. The lowest BCUT2D eigenvalue weighted by Gasteiger charge is -2.09. The predicted molar refractivity (Wildman–Crippen MR) is 93.9 cm³/mol. The molecule has 0 radical (unpaired) electrons. The number of hydrogen-bond donors (Lipinski definition) is 0. The van der Waals surface area contributed by atoms with E-state index >= 15 is 0 Å². The van der Waals surface area contributed by atoms with Gasteiger partial charge in [-0.05, 0) is 48.0 Å². The van der Waals surface area contributed by atoms with Crippen LogP contribution in [0.15, 0.2) is 85.7 Å². The molecule has 4 aromatic heterocycles. The highest BCUT2D eigenvalue weighted by molar-refractivity contribution is 5.80. The molecule has 0 aliphatic rings. The summed E-state index contributed by atoms with van der Waals surface area (Å²) in [4.78, 5) is 17.5. The minimum Gasteiger partial charge on any atom is -0.264 e. The van der Waals surface area contributed by atoms with Gasteiger partial charge in [0.1, 0.15) is 0 Å². The lowest BCUT2D eigenvalue weighted by atomic mass is 10.0. The first-order valence-corrected chi connectivity index (χ1v) is 7.64. The quantitative estimate of drug-likeness (QED) is 0.567. The highest BCUT2D eigenvalue weighted by Gasteiger charge is 2.10. The fraction of sp³-hybridized carbons (Fsp3) is 0. The second kappa shape index (κ2) is 6.38. The Morgan fingerprint density at radius 2 is 1.33 bits per heavy atom. The maximum Gasteiger partial charge on any atom is 0.0811 e. The summed E-state index contributed by atoms with van der Waals surface area (Å²) in [6, 6.07) is 15.9. The molecule has 0 aromatic carbocycles.